The molecule has 162 valence electrons. The molecule has 2 heterocycles. The molecule has 2 N–H and O–H groups in total. The average Bonchev–Trinajstić information content (AvgIpc) is 3.47. The van der Waals surface area contributed by atoms with E-state index in [0.29, 0.717) is 17.1 Å². The number of rotatable bonds is 5. The van der Waals surface area contributed by atoms with E-state index in [9.17, 15) is 19.8 Å². The standard InChI is InChI=1S/C23H16O9/c24-9-12-3-1-2-4-15(12)32-23(27)14-6-8-17-21(31-11-29-17)19(14)18-13(22(25)26)5-7-16-20(18)30-10-28-16/h1-8,24H,9-11H2,(H,25,26). The summed E-state index contributed by atoms with van der Waals surface area (Å²) in [5, 5.41) is 19.4. The van der Waals surface area contributed by atoms with E-state index in [1.165, 1.54) is 18.2 Å². The van der Waals surface area contributed by atoms with Crippen molar-refractivity contribution in [2.24, 2.45) is 0 Å². The molecule has 0 fully saturated rings. The number of aliphatic hydroxyl groups is 1. The number of carbonyl (C=O) groups excluding carboxylic acids is 1. The lowest BCUT2D eigenvalue weighted by Crippen LogP contribution is -2.13. The molecule has 0 saturated heterocycles. The van der Waals surface area contributed by atoms with E-state index in [4.69, 9.17) is 23.7 Å². The van der Waals surface area contributed by atoms with Crippen LogP contribution in [-0.2, 0) is 6.61 Å². The highest BCUT2D eigenvalue weighted by Crippen LogP contribution is 2.51. The van der Waals surface area contributed by atoms with Gasteiger partial charge in [-0.25, -0.2) is 9.59 Å². The summed E-state index contributed by atoms with van der Waals surface area (Å²) in [7, 11) is 0. The van der Waals surface area contributed by atoms with Gasteiger partial charge in [0.05, 0.1) is 17.7 Å². The number of ether oxygens (including phenoxy) is 5. The van der Waals surface area contributed by atoms with E-state index in [2.05, 4.69) is 0 Å². The van der Waals surface area contributed by atoms with Crippen molar-refractivity contribution in [1.82, 2.24) is 0 Å². The Morgan fingerprint density at radius 1 is 0.812 bits per heavy atom. The number of aromatic carboxylic acids is 1. The molecular formula is C23H16O9. The highest BCUT2D eigenvalue weighted by molar-refractivity contribution is 6.07. The first kappa shape index (κ1) is 19.7. The number of carbonyl (C=O) groups is 2. The zero-order chi connectivity index (χ0) is 22.2. The number of aliphatic hydroxyl groups excluding tert-OH is 1. The first-order valence-electron chi connectivity index (χ1n) is 9.58. The second kappa shape index (κ2) is 7.78. The Kier molecular flexibility index (Phi) is 4.79. The SMILES string of the molecule is O=C(O)c1ccc2c(c1-c1c(C(=O)Oc3ccccc3CO)ccc3c1OCO3)OCO2. The zero-order valence-corrected chi connectivity index (χ0v) is 16.5. The molecule has 3 aromatic carbocycles. The molecular weight excluding hydrogens is 420 g/mol. The van der Waals surface area contributed by atoms with Gasteiger partial charge in [0.1, 0.15) is 5.75 Å². The third-order valence-corrected chi connectivity index (χ3v) is 5.12. The lowest BCUT2D eigenvalue weighted by atomic mass is 9.92. The van der Waals surface area contributed by atoms with Crippen LogP contribution in [-0.4, -0.2) is 35.7 Å². The predicted molar refractivity (Wildman–Crippen MR) is 108 cm³/mol. The van der Waals surface area contributed by atoms with Crippen LogP contribution in [0.15, 0.2) is 48.5 Å². The fourth-order valence-electron chi connectivity index (χ4n) is 3.68. The minimum absolute atomic E-state index is 0.0355. The summed E-state index contributed by atoms with van der Waals surface area (Å²) in [4.78, 5) is 25.3. The summed E-state index contributed by atoms with van der Waals surface area (Å²) < 4.78 is 27.6. The fourth-order valence-corrected chi connectivity index (χ4v) is 3.68. The molecule has 2 aliphatic heterocycles. The maximum absolute atomic E-state index is 13.2. The van der Waals surface area contributed by atoms with E-state index >= 15 is 0 Å². The van der Waals surface area contributed by atoms with Crippen molar-refractivity contribution in [1.29, 1.82) is 0 Å². The number of fused-ring (bicyclic) bond motifs is 2. The molecule has 0 atom stereocenters. The third-order valence-electron chi connectivity index (χ3n) is 5.12. The molecule has 9 nitrogen and oxygen atoms in total. The Bertz CT molecular complexity index is 1250. The molecule has 9 heteroatoms. The quantitative estimate of drug-likeness (QED) is 0.459. The summed E-state index contributed by atoms with van der Waals surface area (Å²) in [5.74, 6) is -0.752. The number of hydrogen-bond donors (Lipinski definition) is 2. The smallest absolute Gasteiger partial charge is 0.344 e. The van der Waals surface area contributed by atoms with Crippen LogP contribution in [0.5, 0.6) is 28.7 Å². The normalized spacial score (nSPS) is 13.2. The molecule has 0 radical (unpaired) electrons. The van der Waals surface area contributed by atoms with E-state index < -0.39 is 11.9 Å². The van der Waals surface area contributed by atoms with Crippen molar-refractivity contribution >= 4 is 11.9 Å². The van der Waals surface area contributed by atoms with E-state index in [1.807, 2.05) is 0 Å². The Morgan fingerprint density at radius 2 is 1.41 bits per heavy atom. The molecule has 32 heavy (non-hydrogen) atoms. The van der Waals surface area contributed by atoms with Gasteiger partial charge in [-0.3, -0.25) is 0 Å². The van der Waals surface area contributed by atoms with Crippen molar-refractivity contribution in [3.05, 3.63) is 65.2 Å². The monoisotopic (exact) mass is 436 g/mol. The molecule has 3 aromatic rings. The maximum atomic E-state index is 13.2. The first-order chi connectivity index (χ1) is 15.6. The van der Waals surface area contributed by atoms with Gasteiger partial charge >= 0.3 is 11.9 Å². The number of benzene rings is 3. The van der Waals surface area contributed by atoms with Crippen LogP contribution in [0.4, 0.5) is 0 Å². The van der Waals surface area contributed by atoms with Crippen LogP contribution in [0, 0.1) is 0 Å². The van der Waals surface area contributed by atoms with E-state index in [1.54, 1.807) is 30.3 Å². The average molecular weight is 436 g/mol. The number of carboxylic acid groups (broad SMARTS) is 1. The third kappa shape index (κ3) is 3.15. The highest BCUT2D eigenvalue weighted by atomic mass is 16.7. The summed E-state index contributed by atoms with van der Waals surface area (Å²) in [6.45, 7) is -0.512. The first-order valence-corrected chi connectivity index (χ1v) is 9.58. The number of para-hydroxylation sites is 1. The van der Waals surface area contributed by atoms with Crippen molar-refractivity contribution in [2.75, 3.05) is 13.6 Å². The molecule has 0 aliphatic carbocycles. The van der Waals surface area contributed by atoms with Gasteiger partial charge in [0.25, 0.3) is 0 Å². The van der Waals surface area contributed by atoms with Gasteiger partial charge in [-0.05, 0) is 30.3 Å². The fraction of sp³-hybridized carbons (Fsp3) is 0.130. The summed E-state index contributed by atoms with van der Waals surface area (Å²) in [6.07, 6.45) is 0. The molecule has 0 unspecified atom stereocenters. The number of esters is 1. The zero-order valence-electron chi connectivity index (χ0n) is 16.5. The molecule has 0 bridgehead atoms. The Morgan fingerprint density at radius 3 is 2.03 bits per heavy atom. The summed E-state index contributed by atoms with van der Waals surface area (Å²) in [5.41, 5.74) is 0.631. The van der Waals surface area contributed by atoms with Crippen LogP contribution in [0.2, 0.25) is 0 Å². The highest BCUT2D eigenvalue weighted by Gasteiger charge is 2.34. The van der Waals surface area contributed by atoms with Gasteiger partial charge < -0.3 is 33.9 Å². The van der Waals surface area contributed by atoms with Gasteiger partial charge in [0, 0.05) is 16.7 Å². The van der Waals surface area contributed by atoms with Crippen LogP contribution in [0.1, 0.15) is 26.3 Å². The Balaban J connectivity index is 1.71. The molecule has 5 rings (SSSR count). The van der Waals surface area contributed by atoms with Crippen molar-refractivity contribution < 1.29 is 43.5 Å². The van der Waals surface area contributed by atoms with Crippen molar-refractivity contribution in [2.45, 2.75) is 6.61 Å². The molecule has 0 spiro atoms. The topological polar surface area (TPSA) is 121 Å². The predicted octanol–water partition coefficient (Wildman–Crippen LogP) is 3.22. The van der Waals surface area contributed by atoms with Crippen LogP contribution in [0.3, 0.4) is 0 Å². The number of hydrogen-bond acceptors (Lipinski definition) is 8. The second-order valence-corrected chi connectivity index (χ2v) is 6.90. The van der Waals surface area contributed by atoms with Crippen molar-refractivity contribution in [3.8, 4) is 39.9 Å². The second-order valence-electron chi connectivity index (χ2n) is 6.90. The lowest BCUT2D eigenvalue weighted by Gasteiger charge is -2.16. The lowest BCUT2D eigenvalue weighted by molar-refractivity contribution is 0.0693. The van der Waals surface area contributed by atoms with Crippen LogP contribution < -0.4 is 23.7 Å². The van der Waals surface area contributed by atoms with E-state index in [-0.39, 0.29) is 59.7 Å². The van der Waals surface area contributed by atoms with Crippen molar-refractivity contribution in [3.63, 3.8) is 0 Å². The van der Waals surface area contributed by atoms with Gasteiger partial charge in [0.2, 0.25) is 13.6 Å². The summed E-state index contributed by atoms with van der Waals surface area (Å²) >= 11 is 0. The van der Waals surface area contributed by atoms with Gasteiger partial charge in [-0.15, -0.1) is 0 Å². The number of carboxylic acids is 1. The minimum atomic E-state index is -1.22. The molecule has 2 aliphatic rings. The Hall–Kier alpha value is -4.24. The molecule has 0 amide bonds. The maximum Gasteiger partial charge on any atom is 0.344 e. The molecule has 0 saturated carbocycles. The Labute approximate surface area is 181 Å². The van der Waals surface area contributed by atoms with Crippen LogP contribution >= 0.6 is 0 Å². The minimum Gasteiger partial charge on any atom is -0.478 e. The van der Waals surface area contributed by atoms with Gasteiger partial charge in [-0.2, -0.15) is 0 Å². The van der Waals surface area contributed by atoms with Gasteiger partial charge in [-0.1, -0.05) is 18.2 Å². The largest absolute Gasteiger partial charge is 0.478 e. The molecule has 0 aromatic heterocycles. The van der Waals surface area contributed by atoms with Crippen LogP contribution in [0.25, 0.3) is 11.1 Å². The van der Waals surface area contributed by atoms with Gasteiger partial charge in [0.15, 0.2) is 23.0 Å². The summed E-state index contributed by atoms with van der Waals surface area (Å²) in [6, 6.07) is 12.4. The van der Waals surface area contributed by atoms with E-state index in [0.717, 1.165) is 0 Å².